The molecular formula is C91H174O17P2. The number of hydrogen-bond donors (Lipinski definition) is 3. The number of allylic oxidation sites excluding steroid dienone is 4. The van der Waals surface area contributed by atoms with E-state index in [2.05, 4.69) is 58.9 Å². The fourth-order valence-electron chi connectivity index (χ4n) is 13.8. The van der Waals surface area contributed by atoms with E-state index in [9.17, 15) is 43.2 Å². The number of hydrogen-bond acceptors (Lipinski definition) is 15. The first-order chi connectivity index (χ1) is 53.6. The molecule has 0 bridgehead atoms. The summed E-state index contributed by atoms with van der Waals surface area (Å²) in [6.07, 6.45) is 81.3. The van der Waals surface area contributed by atoms with Gasteiger partial charge in [-0.1, -0.05) is 418 Å². The monoisotopic (exact) mass is 1600 g/mol. The van der Waals surface area contributed by atoms with Crippen LogP contribution in [0.4, 0.5) is 0 Å². The molecule has 650 valence electrons. The maximum Gasteiger partial charge on any atom is 0.472 e. The lowest BCUT2D eigenvalue weighted by molar-refractivity contribution is -0.161. The summed E-state index contributed by atoms with van der Waals surface area (Å²) < 4.78 is 69.0. The molecule has 0 spiro atoms. The number of carbonyl (C=O) groups is 4. The van der Waals surface area contributed by atoms with Crippen LogP contribution in [0.2, 0.25) is 0 Å². The quantitative estimate of drug-likeness (QED) is 0.0169. The molecule has 0 aromatic heterocycles. The molecule has 0 aliphatic rings. The molecule has 0 amide bonds. The van der Waals surface area contributed by atoms with Crippen LogP contribution < -0.4 is 0 Å². The molecule has 0 aliphatic carbocycles. The Kier molecular flexibility index (Phi) is 81.2. The number of rotatable bonds is 89. The van der Waals surface area contributed by atoms with E-state index < -0.39 is 97.5 Å². The van der Waals surface area contributed by atoms with Gasteiger partial charge in [0.1, 0.15) is 19.3 Å². The number of phosphoric acid groups is 2. The smallest absolute Gasteiger partial charge is 0.462 e. The van der Waals surface area contributed by atoms with Gasteiger partial charge in [-0.3, -0.25) is 37.3 Å². The highest BCUT2D eigenvalue weighted by Gasteiger charge is 2.31. The summed E-state index contributed by atoms with van der Waals surface area (Å²) in [6, 6.07) is 0. The Bertz CT molecular complexity index is 2180. The van der Waals surface area contributed by atoms with E-state index in [1.54, 1.807) is 0 Å². The third-order valence-corrected chi connectivity index (χ3v) is 23.2. The van der Waals surface area contributed by atoms with Gasteiger partial charge in [-0.25, -0.2) is 9.13 Å². The van der Waals surface area contributed by atoms with E-state index in [0.717, 1.165) is 109 Å². The van der Waals surface area contributed by atoms with Crippen LogP contribution in [-0.2, 0) is 65.4 Å². The summed E-state index contributed by atoms with van der Waals surface area (Å²) in [4.78, 5) is 73.4. The molecule has 0 aliphatic heterocycles. The summed E-state index contributed by atoms with van der Waals surface area (Å²) in [5.74, 6) is -1.25. The lowest BCUT2D eigenvalue weighted by Gasteiger charge is -2.21. The summed E-state index contributed by atoms with van der Waals surface area (Å²) >= 11 is 0. The van der Waals surface area contributed by atoms with Gasteiger partial charge >= 0.3 is 39.5 Å². The number of aliphatic hydroxyl groups excluding tert-OH is 1. The molecule has 110 heavy (non-hydrogen) atoms. The van der Waals surface area contributed by atoms with E-state index in [-0.39, 0.29) is 25.7 Å². The Morgan fingerprint density at radius 1 is 0.291 bits per heavy atom. The predicted octanol–water partition coefficient (Wildman–Crippen LogP) is 27.9. The average Bonchev–Trinajstić information content (AvgIpc) is 0.899. The Morgan fingerprint density at radius 3 is 0.773 bits per heavy atom. The van der Waals surface area contributed by atoms with Gasteiger partial charge in [0, 0.05) is 25.7 Å². The van der Waals surface area contributed by atoms with Gasteiger partial charge in [0.2, 0.25) is 0 Å². The van der Waals surface area contributed by atoms with Crippen molar-refractivity contribution >= 4 is 39.5 Å². The fourth-order valence-corrected chi connectivity index (χ4v) is 15.4. The first-order valence-corrected chi connectivity index (χ1v) is 49.5. The molecule has 0 heterocycles. The van der Waals surface area contributed by atoms with Crippen molar-refractivity contribution in [3.63, 3.8) is 0 Å². The fraction of sp³-hybridized carbons (Fsp3) is 0.912. The molecule has 0 radical (unpaired) electrons. The van der Waals surface area contributed by atoms with Crippen LogP contribution in [0.5, 0.6) is 0 Å². The molecule has 3 N–H and O–H groups in total. The first kappa shape index (κ1) is 108. The van der Waals surface area contributed by atoms with Crippen molar-refractivity contribution in [3.8, 4) is 0 Å². The van der Waals surface area contributed by atoms with Gasteiger partial charge < -0.3 is 33.8 Å². The standard InChI is InChI=1S/C91H174O17P2/c1-6-10-13-16-19-22-25-28-30-31-32-33-37-41-45-50-55-60-65-70-75-89(94)102-81-87(108-91(96)77-72-67-62-57-52-47-42-38-35-34-36-40-44-48-53-58-63-68-73-84(5)9-4)83-106-110(99,100)104-79-85(92)78-103-109(97,98)105-82-86(80-101-88(93)74-69-64-59-54-49-43-27-24-21-18-15-12-8-3)107-90(95)76-71-66-61-56-51-46-39-29-26-23-20-17-14-11-7-2/h23,26,29,39,84-87,92H,6-22,24-25,27-28,30-38,40-83H2,1-5H3,(H,97,98)(H,99,100)/b26-23-,39-29-/t84?,85-,86+,87+/m0/s1. The summed E-state index contributed by atoms with van der Waals surface area (Å²) in [5, 5.41) is 10.7. The largest absolute Gasteiger partial charge is 0.472 e. The summed E-state index contributed by atoms with van der Waals surface area (Å²) in [6.45, 7) is 7.39. The van der Waals surface area contributed by atoms with Crippen molar-refractivity contribution in [2.24, 2.45) is 5.92 Å². The van der Waals surface area contributed by atoms with E-state index in [1.807, 2.05) is 0 Å². The maximum absolute atomic E-state index is 13.2. The van der Waals surface area contributed by atoms with Crippen LogP contribution in [0.1, 0.15) is 471 Å². The molecule has 19 heteroatoms. The molecule has 17 nitrogen and oxygen atoms in total. The summed E-state index contributed by atoms with van der Waals surface area (Å²) in [7, 11) is -9.95. The number of unbranched alkanes of at least 4 members (excludes halogenated alkanes) is 57. The van der Waals surface area contributed by atoms with Crippen LogP contribution in [0, 0.1) is 5.92 Å². The van der Waals surface area contributed by atoms with Crippen molar-refractivity contribution in [3.05, 3.63) is 24.3 Å². The topological polar surface area (TPSA) is 237 Å². The number of carbonyl (C=O) groups excluding carboxylic acids is 4. The minimum atomic E-state index is -4.97. The lowest BCUT2D eigenvalue weighted by Crippen LogP contribution is -2.30. The summed E-state index contributed by atoms with van der Waals surface area (Å²) in [5.41, 5.74) is 0. The molecular weight excluding hydrogens is 1430 g/mol. The molecule has 0 fully saturated rings. The van der Waals surface area contributed by atoms with E-state index >= 15 is 0 Å². The first-order valence-electron chi connectivity index (χ1n) is 46.5. The van der Waals surface area contributed by atoms with Crippen LogP contribution >= 0.6 is 15.6 Å². The van der Waals surface area contributed by atoms with Crippen molar-refractivity contribution in [2.45, 2.75) is 490 Å². The zero-order valence-corrected chi connectivity index (χ0v) is 73.7. The van der Waals surface area contributed by atoms with Gasteiger partial charge in [0.15, 0.2) is 12.2 Å². The van der Waals surface area contributed by atoms with Crippen LogP contribution in [0.3, 0.4) is 0 Å². The van der Waals surface area contributed by atoms with Gasteiger partial charge in [-0.15, -0.1) is 0 Å². The maximum atomic E-state index is 13.2. The number of esters is 4. The highest BCUT2D eigenvalue weighted by molar-refractivity contribution is 7.47. The SMILES string of the molecule is CCCCCC/C=C\C=C/CCCCCCCC(=O)O[C@H](COC(=O)CCCCCCCCCCCCCCC)COP(=O)(O)OC[C@H](O)COP(=O)(O)OC[C@@H](COC(=O)CCCCCCCCCCCCCCCCCCCCCC)OC(=O)CCCCCCCCCCCCCCCCCCCCC(C)CC. The second-order valence-electron chi connectivity index (χ2n) is 32.3. The molecule has 0 rings (SSSR count). The van der Waals surface area contributed by atoms with Gasteiger partial charge in [-0.2, -0.15) is 0 Å². The van der Waals surface area contributed by atoms with Gasteiger partial charge in [-0.05, 0) is 57.3 Å². The minimum Gasteiger partial charge on any atom is -0.462 e. The van der Waals surface area contributed by atoms with Gasteiger partial charge in [0.05, 0.1) is 26.4 Å². The van der Waals surface area contributed by atoms with Crippen molar-refractivity contribution in [2.75, 3.05) is 39.6 Å². The third-order valence-electron chi connectivity index (χ3n) is 21.3. The Labute approximate surface area is 675 Å². The van der Waals surface area contributed by atoms with Crippen molar-refractivity contribution in [1.29, 1.82) is 0 Å². The Morgan fingerprint density at radius 2 is 0.509 bits per heavy atom. The van der Waals surface area contributed by atoms with Crippen molar-refractivity contribution < 1.29 is 80.2 Å². The third kappa shape index (κ3) is 82.1. The lowest BCUT2D eigenvalue weighted by atomic mass is 9.99. The van der Waals surface area contributed by atoms with E-state index in [1.165, 1.54) is 283 Å². The van der Waals surface area contributed by atoms with Crippen LogP contribution in [-0.4, -0.2) is 96.7 Å². The van der Waals surface area contributed by atoms with E-state index in [0.29, 0.717) is 25.7 Å². The molecule has 6 atom stereocenters. The number of ether oxygens (including phenoxy) is 4. The second kappa shape index (κ2) is 83.0. The van der Waals surface area contributed by atoms with Gasteiger partial charge in [0.25, 0.3) is 0 Å². The predicted molar refractivity (Wildman–Crippen MR) is 455 cm³/mol. The molecule has 0 aromatic rings. The van der Waals surface area contributed by atoms with Crippen LogP contribution in [0.15, 0.2) is 24.3 Å². The van der Waals surface area contributed by atoms with Crippen molar-refractivity contribution in [1.82, 2.24) is 0 Å². The normalized spacial score (nSPS) is 14.1. The molecule has 0 saturated heterocycles. The molecule has 0 saturated carbocycles. The second-order valence-corrected chi connectivity index (χ2v) is 35.2. The Hall–Kier alpha value is -2.46. The van der Waals surface area contributed by atoms with E-state index in [4.69, 9.17) is 37.0 Å². The van der Waals surface area contributed by atoms with Crippen LogP contribution in [0.25, 0.3) is 0 Å². The zero-order chi connectivity index (χ0) is 80.4. The Balaban J connectivity index is 5.27. The minimum absolute atomic E-state index is 0.0860. The highest BCUT2D eigenvalue weighted by Crippen LogP contribution is 2.45. The zero-order valence-electron chi connectivity index (χ0n) is 71.9. The molecule has 0 aromatic carbocycles. The number of phosphoric ester groups is 2. The molecule has 3 unspecified atom stereocenters. The average molecular weight is 1600 g/mol. The highest BCUT2D eigenvalue weighted by atomic mass is 31.2. The number of aliphatic hydroxyl groups is 1.